The number of rotatable bonds is 5. The quantitative estimate of drug-likeness (QED) is 0.472. The highest BCUT2D eigenvalue weighted by Crippen LogP contribution is 2.21. The fourth-order valence-corrected chi connectivity index (χ4v) is 2.93. The second-order valence-corrected chi connectivity index (χ2v) is 7.40. The Balaban J connectivity index is 2.29. The van der Waals surface area contributed by atoms with Crippen molar-refractivity contribution in [1.82, 2.24) is 0 Å². The molecule has 0 atom stereocenters. The van der Waals surface area contributed by atoms with Gasteiger partial charge in [0.15, 0.2) is 0 Å². The summed E-state index contributed by atoms with van der Waals surface area (Å²) in [6, 6.07) is 7.43. The Morgan fingerprint density at radius 1 is 1.20 bits per heavy atom. The minimum atomic E-state index is -3.35. The molecule has 0 N–H and O–H groups in total. The van der Waals surface area contributed by atoms with E-state index in [-0.39, 0.29) is 5.75 Å². The Labute approximate surface area is 103 Å². The lowest BCUT2D eigenvalue weighted by atomic mass is 10.4. The Hall–Kier alpha value is 0.1000. The third kappa shape index (κ3) is 6.30. The van der Waals surface area contributed by atoms with E-state index in [1.165, 1.54) is 0 Å². The summed E-state index contributed by atoms with van der Waals surface area (Å²) in [5.41, 5.74) is 0. The summed E-state index contributed by atoms with van der Waals surface area (Å²) in [5, 5.41) is 0.697. The molecule has 84 valence electrons. The predicted molar refractivity (Wildman–Crippen MR) is 66.4 cm³/mol. The number of hydrogen-bond donors (Lipinski definition) is 0. The minimum absolute atomic E-state index is 0.0230. The van der Waals surface area contributed by atoms with Crippen LogP contribution in [0.25, 0.3) is 0 Å². The molecule has 0 saturated heterocycles. The lowest BCUT2D eigenvalue weighted by Crippen LogP contribution is -1.97. The maximum absolute atomic E-state index is 10.6. The van der Waals surface area contributed by atoms with Gasteiger partial charge in [0.1, 0.15) is 0 Å². The van der Waals surface area contributed by atoms with Crippen LogP contribution < -0.4 is 0 Å². The summed E-state index contributed by atoms with van der Waals surface area (Å²) in [7, 11) is 1.73. The molecular weight excluding hydrogens is 275 g/mol. The molecule has 0 aromatic heterocycles. The second-order valence-electron chi connectivity index (χ2n) is 2.90. The fourth-order valence-electron chi connectivity index (χ4n) is 0.952. The molecule has 0 aliphatic rings. The molecule has 0 radical (unpaired) electrons. The molecule has 1 rings (SSSR count). The van der Waals surface area contributed by atoms with Gasteiger partial charge in [0.05, 0.1) is 5.75 Å². The first-order valence-electron chi connectivity index (χ1n) is 4.28. The van der Waals surface area contributed by atoms with Gasteiger partial charge in [-0.2, -0.15) is 0 Å². The van der Waals surface area contributed by atoms with Gasteiger partial charge in [-0.25, -0.2) is 8.42 Å². The fraction of sp³-hybridized carbons (Fsp3) is 0.333. The second kappa shape index (κ2) is 5.99. The highest BCUT2D eigenvalue weighted by atomic mass is 35.7. The topological polar surface area (TPSA) is 34.1 Å². The number of halogens is 2. The lowest BCUT2D eigenvalue weighted by molar-refractivity contribution is 0.608. The monoisotopic (exact) mass is 284 g/mol. The smallest absolute Gasteiger partial charge is 0.212 e. The van der Waals surface area contributed by atoms with Gasteiger partial charge in [-0.3, -0.25) is 0 Å². The van der Waals surface area contributed by atoms with Crippen molar-refractivity contribution in [3.05, 3.63) is 29.3 Å². The van der Waals surface area contributed by atoms with Gasteiger partial charge >= 0.3 is 0 Å². The molecule has 2 nitrogen and oxygen atoms in total. The van der Waals surface area contributed by atoms with Gasteiger partial charge in [0.25, 0.3) is 0 Å². The van der Waals surface area contributed by atoms with Crippen LogP contribution in [0.2, 0.25) is 5.02 Å². The van der Waals surface area contributed by atoms with Gasteiger partial charge in [-0.05, 0) is 36.4 Å². The first kappa shape index (κ1) is 13.2. The van der Waals surface area contributed by atoms with Crippen molar-refractivity contribution in [2.45, 2.75) is 11.3 Å². The summed E-state index contributed by atoms with van der Waals surface area (Å²) < 4.78 is 21.3. The predicted octanol–water partition coefficient (Wildman–Crippen LogP) is 3.39. The summed E-state index contributed by atoms with van der Waals surface area (Å²) in [6.45, 7) is 0. The molecule has 0 saturated carbocycles. The van der Waals surface area contributed by atoms with E-state index in [0.29, 0.717) is 11.4 Å². The molecule has 15 heavy (non-hydrogen) atoms. The highest BCUT2D eigenvalue weighted by molar-refractivity contribution is 8.13. The van der Waals surface area contributed by atoms with Gasteiger partial charge in [-0.1, -0.05) is 11.6 Å². The zero-order valence-corrected chi connectivity index (χ0v) is 11.0. The summed E-state index contributed by atoms with van der Waals surface area (Å²) in [5.74, 6) is 0.753. The van der Waals surface area contributed by atoms with Crippen LogP contribution in [0.3, 0.4) is 0 Å². The van der Waals surface area contributed by atoms with E-state index in [1.807, 2.05) is 24.3 Å². The van der Waals surface area contributed by atoms with Crippen molar-refractivity contribution in [2.75, 3.05) is 11.5 Å². The van der Waals surface area contributed by atoms with E-state index < -0.39 is 9.05 Å². The number of hydrogen-bond acceptors (Lipinski definition) is 3. The molecule has 1 aromatic rings. The van der Waals surface area contributed by atoms with Gasteiger partial charge < -0.3 is 0 Å². The first-order valence-corrected chi connectivity index (χ1v) is 8.12. The van der Waals surface area contributed by atoms with E-state index in [2.05, 4.69) is 0 Å². The molecule has 0 heterocycles. The van der Waals surface area contributed by atoms with Crippen molar-refractivity contribution in [3.8, 4) is 0 Å². The largest absolute Gasteiger partial charge is 0.232 e. The van der Waals surface area contributed by atoms with E-state index in [9.17, 15) is 8.42 Å². The third-order valence-corrected chi connectivity index (χ3v) is 4.20. The van der Waals surface area contributed by atoms with Crippen molar-refractivity contribution in [1.29, 1.82) is 0 Å². The van der Waals surface area contributed by atoms with Gasteiger partial charge in [0, 0.05) is 20.6 Å². The SMILES string of the molecule is O=S(=O)(Cl)CCCSc1ccc(Cl)cc1. The molecule has 1 aromatic carbocycles. The molecule has 0 aliphatic heterocycles. The maximum atomic E-state index is 10.6. The Morgan fingerprint density at radius 3 is 2.33 bits per heavy atom. The zero-order chi connectivity index (χ0) is 11.3. The molecule has 0 fully saturated rings. The molecule has 0 bridgehead atoms. The van der Waals surface area contributed by atoms with Crippen LogP contribution in [0.1, 0.15) is 6.42 Å². The third-order valence-electron chi connectivity index (χ3n) is 1.61. The van der Waals surface area contributed by atoms with Gasteiger partial charge in [0.2, 0.25) is 9.05 Å². The minimum Gasteiger partial charge on any atom is -0.212 e. The lowest BCUT2D eigenvalue weighted by Gasteiger charge is -2.00. The average molecular weight is 285 g/mol. The molecule has 0 spiro atoms. The van der Waals surface area contributed by atoms with Crippen molar-refractivity contribution in [3.63, 3.8) is 0 Å². The average Bonchev–Trinajstić information content (AvgIpc) is 2.14. The normalized spacial score (nSPS) is 11.6. The molecule has 0 amide bonds. The van der Waals surface area contributed by atoms with Crippen LogP contribution in [-0.2, 0) is 9.05 Å². The Bertz CT molecular complexity index is 401. The van der Waals surface area contributed by atoms with Crippen LogP contribution in [0.15, 0.2) is 29.2 Å². The van der Waals surface area contributed by atoms with Crippen LogP contribution >= 0.6 is 34.0 Å². The van der Waals surface area contributed by atoms with E-state index in [0.717, 1.165) is 10.6 Å². The number of thioether (sulfide) groups is 1. The van der Waals surface area contributed by atoms with E-state index in [1.54, 1.807) is 11.8 Å². The molecule has 0 aliphatic carbocycles. The summed E-state index contributed by atoms with van der Waals surface area (Å²) in [6.07, 6.45) is 0.555. The maximum Gasteiger partial charge on any atom is 0.232 e. The first-order chi connectivity index (χ1) is 6.97. The molecule has 0 unspecified atom stereocenters. The number of benzene rings is 1. The molecule has 6 heteroatoms. The van der Waals surface area contributed by atoms with Crippen LogP contribution in [-0.4, -0.2) is 19.9 Å². The van der Waals surface area contributed by atoms with E-state index >= 15 is 0 Å². The Morgan fingerprint density at radius 2 is 1.80 bits per heavy atom. The van der Waals surface area contributed by atoms with Crippen LogP contribution in [0.4, 0.5) is 0 Å². The van der Waals surface area contributed by atoms with Crippen LogP contribution in [0, 0.1) is 0 Å². The van der Waals surface area contributed by atoms with Gasteiger partial charge in [-0.15, -0.1) is 11.8 Å². The van der Waals surface area contributed by atoms with Crippen molar-refractivity contribution >= 4 is 43.1 Å². The highest BCUT2D eigenvalue weighted by Gasteiger charge is 2.04. The summed E-state index contributed by atoms with van der Waals surface area (Å²) in [4.78, 5) is 1.08. The van der Waals surface area contributed by atoms with Crippen molar-refractivity contribution < 1.29 is 8.42 Å². The van der Waals surface area contributed by atoms with Crippen molar-refractivity contribution in [2.24, 2.45) is 0 Å². The van der Waals surface area contributed by atoms with E-state index in [4.69, 9.17) is 22.3 Å². The zero-order valence-electron chi connectivity index (χ0n) is 7.82. The standard InChI is InChI=1S/C9H10Cl2O2S2/c10-8-2-4-9(5-3-8)14-6-1-7-15(11,12)13/h2-5H,1,6-7H2. The molecular formula is C9H10Cl2O2S2. The summed E-state index contributed by atoms with van der Waals surface area (Å²) >= 11 is 7.31. The van der Waals surface area contributed by atoms with Crippen LogP contribution in [0.5, 0.6) is 0 Å². The Kier molecular flexibility index (Phi) is 5.26.